The number of aryl methyl sites for hydroxylation is 1. The van der Waals surface area contributed by atoms with E-state index in [0.717, 1.165) is 11.0 Å². The van der Waals surface area contributed by atoms with E-state index >= 15 is 0 Å². The van der Waals surface area contributed by atoms with Gasteiger partial charge in [0, 0.05) is 5.56 Å². The molecule has 0 radical (unpaired) electrons. The SMILES string of the molecule is Cc1ccc([C@]2(C)NC(=O)N(Cc3cccc(F)c3F)C2=O)o1. The first-order valence-corrected chi connectivity index (χ1v) is 6.97. The molecular formula is C16H14F2N2O3. The molecule has 5 nitrogen and oxygen atoms in total. The third-order valence-electron chi connectivity index (χ3n) is 3.87. The summed E-state index contributed by atoms with van der Waals surface area (Å²) in [5.41, 5.74) is -1.44. The number of amides is 3. The molecule has 23 heavy (non-hydrogen) atoms. The summed E-state index contributed by atoms with van der Waals surface area (Å²) in [6.45, 7) is 2.87. The van der Waals surface area contributed by atoms with Gasteiger partial charge < -0.3 is 9.73 Å². The molecule has 0 saturated carbocycles. The number of rotatable bonds is 3. The molecular weight excluding hydrogens is 306 g/mol. The lowest BCUT2D eigenvalue weighted by atomic mass is 9.99. The number of benzene rings is 1. The van der Waals surface area contributed by atoms with Gasteiger partial charge in [-0.3, -0.25) is 9.69 Å². The smallest absolute Gasteiger partial charge is 0.325 e. The average Bonchev–Trinajstić information content (AvgIpc) is 3.02. The second kappa shape index (κ2) is 5.19. The Morgan fingerprint density at radius 1 is 1.22 bits per heavy atom. The molecule has 3 rings (SSSR count). The molecule has 120 valence electrons. The van der Waals surface area contributed by atoms with Gasteiger partial charge in [-0.05, 0) is 32.0 Å². The normalized spacial score (nSPS) is 21.0. The molecule has 1 aromatic carbocycles. The van der Waals surface area contributed by atoms with E-state index in [9.17, 15) is 18.4 Å². The van der Waals surface area contributed by atoms with E-state index in [0.29, 0.717) is 5.76 Å². The molecule has 2 aromatic rings. The van der Waals surface area contributed by atoms with Gasteiger partial charge in [-0.2, -0.15) is 0 Å². The zero-order chi connectivity index (χ0) is 16.8. The number of carbonyl (C=O) groups excluding carboxylic acids is 2. The van der Waals surface area contributed by atoms with E-state index in [-0.39, 0.29) is 17.9 Å². The fraction of sp³-hybridized carbons (Fsp3) is 0.250. The molecule has 1 atom stereocenters. The fourth-order valence-corrected chi connectivity index (χ4v) is 2.55. The number of nitrogens with zero attached hydrogens (tertiary/aromatic N) is 1. The van der Waals surface area contributed by atoms with Gasteiger partial charge in [0.1, 0.15) is 11.5 Å². The molecule has 2 heterocycles. The minimum Gasteiger partial charge on any atom is -0.463 e. The van der Waals surface area contributed by atoms with Crippen LogP contribution in [0.5, 0.6) is 0 Å². The highest BCUT2D eigenvalue weighted by Gasteiger charge is 2.51. The standard InChI is InChI=1S/C16H14F2N2O3/c1-9-6-7-12(23-9)16(2)14(21)20(15(22)19-16)8-10-4-3-5-11(17)13(10)18/h3-7H,8H2,1-2H3,(H,19,22)/t16-/m0/s1. The summed E-state index contributed by atoms with van der Waals surface area (Å²) < 4.78 is 32.5. The third-order valence-corrected chi connectivity index (χ3v) is 3.87. The monoisotopic (exact) mass is 320 g/mol. The molecule has 0 unspecified atom stereocenters. The number of halogens is 2. The molecule has 0 aliphatic carbocycles. The van der Waals surface area contributed by atoms with Crippen LogP contribution in [0, 0.1) is 18.6 Å². The number of furan rings is 1. The highest BCUT2D eigenvalue weighted by Crippen LogP contribution is 2.31. The second-order valence-electron chi connectivity index (χ2n) is 5.57. The van der Waals surface area contributed by atoms with Crippen LogP contribution in [0.1, 0.15) is 24.0 Å². The quantitative estimate of drug-likeness (QED) is 0.885. The average molecular weight is 320 g/mol. The Labute approximate surface area is 130 Å². The summed E-state index contributed by atoms with van der Waals surface area (Å²) >= 11 is 0. The van der Waals surface area contributed by atoms with Gasteiger partial charge in [0.15, 0.2) is 17.2 Å². The maximum Gasteiger partial charge on any atom is 0.325 e. The molecule has 1 saturated heterocycles. The van der Waals surface area contributed by atoms with E-state index in [2.05, 4.69) is 5.32 Å². The molecule has 1 fully saturated rings. The summed E-state index contributed by atoms with van der Waals surface area (Å²) in [4.78, 5) is 25.6. The van der Waals surface area contributed by atoms with Crippen LogP contribution in [0.4, 0.5) is 13.6 Å². The van der Waals surface area contributed by atoms with Crippen molar-refractivity contribution in [3.8, 4) is 0 Å². The van der Waals surface area contributed by atoms with Crippen molar-refractivity contribution in [2.24, 2.45) is 0 Å². The maximum atomic E-state index is 13.8. The summed E-state index contributed by atoms with van der Waals surface area (Å²) in [7, 11) is 0. The number of nitrogens with one attached hydrogen (secondary N) is 1. The highest BCUT2D eigenvalue weighted by molar-refractivity contribution is 6.06. The number of imide groups is 1. The molecule has 0 bridgehead atoms. The minimum atomic E-state index is -1.37. The lowest BCUT2D eigenvalue weighted by Gasteiger charge is -2.19. The van der Waals surface area contributed by atoms with Gasteiger partial charge >= 0.3 is 6.03 Å². The van der Waals surface area contributed by atoms with Crippen molar-refractivity contribution in [1.82, 2.24) is 10.2 Å². The Morgan fingerprint density at radius 3 is 2.61 bits per heavy atom. The van der Waals surface area contributed by atoms with Crippen LogP contribution >= 0.6 is 0 Å². The number of hydrogen-bond donors (Lipinski definition) is 1. The lowest BCUT2D eigenvalue weighted by Crippen LogP contribution is -2.40. The second-order valence-corrected chi connectivity index (χ2v) is 5.57. The van der Waals surface area contributed by atoms with Gasteiger partial charge in [-0.25, -0.2) is 13.6 Å². The van der Waals surface area contributed by atoms with E-state index in [1.165, 1.54) is 19.1 Å². The third kappa shape index (κ3) is 2.38. The van der Waals surface area contributed by atoms with Crippen LogP contribution in [-0.2, 0) is 16.9 Å². The molecule has 1 aliphatic heterocycles. The Bertz CT molecular complexity index is 802. The van der Waals surface area contributed by atoms with Crippen LogP contribution in [0.15, 0.2) is 34.7 Å². The Morgan fingerprint density at radius 2 is 1.96 bits per heavy atom. The predicted molar refractivity (Wildman–Crippen MR) is 76.2 cm³/mol. The Balaban J connectivity index is 1.91. The first-order valence-electron chi connectivity index (χ1n) is 6.97. The van der Waals surface area contributed by atoms with Crippen molar-refractivity contribution in [2.45, 2.75) is 25.9 Å². The molecule has 3 amide bonds. The van der Waals surface area contributed by atoms with Gasteiger partial charge in [0.2, 0.25) is 0 Å². The molecule has 1 aliphatic rings. The summed E-state index contributed by atoms with van der Waals surface area (Å²) in [5, 5.41) is 2.54. The van der Waals surface area contributed by atoms with Gasteiger partial charge in [-0.1, -0.05) is 12.1 Å². The summed E-state index contributed by atoms with van der Waals surface area (Å²) in [6.07, 6.45) is 0. The van der Waals surface area contributed by atoms with Crippen LogP contribution in [0.3, 0.4) is 0 Å². The van der Waals surface area contributed by atoms with E-state index in [1.54, 1.807) is 19.1 Å². The number of hydrogen-bond acceptors (Lipinski definition) is 3. The molecule has 7 heteroatoms. The van der Waals surface area contributed by atoms with E-state index in [4.69, 9.17) is 4.42 Å². The topological polar surface area (TPSA) is 62.6 Å². The lowest BCUT2D eigenvalue weighted by molar-refractivity contribution is -0.132. The van der Waals surface area contributed by atoms with Gasteiger partial charge in [0.05, 0.1) is 6.54 Å². The van der Waals surface area contributed by atoms with Crippen molar-refractivity contribution < 1.29 is 22.8 Å². The van der Waals surface area contributed by atoms with Crippen molar-refractivity contribution in [2.75, 3.05) is 0 Å². The number of urea groups is 1. The van der Waals surface area contributed by atoms with Crippen molar-refractivity contribution in [3.63, 3.8) is 0 Å². The maximum absolute atomic E-state index is 13.8. The van der Waals surface area contributed by atoms with Crippen LogP contribution < -0.4 is 5.32 Å². The molecule has 1 N–H and O–H groups in total. The zero-order valence-corrected chi connectivity index (χ0v) is 12.5. The first-order chi connectivity index (χ1) is 10.8. The van der Waals surface area contributed by atoms with Crippen LogP contribution in [-0.4, -0.2) is 16.8 Å². The van der Waals surface area contributed by atoms with Crippen molar-refractivity contribution in [3.05, 3.63) is 59.1 Å². The van der Waals surface area contributed by atoms with Crippen molar-refractivity contribution >= 4 is 11.9 Å². The van der Waals surface area contributed by atoms with Crippen LogP contribution in [0.25, 0.3) is 0 Å². The molecule has 1 aromatic heterocycles. The Hall–Kier alpha value is -2.70. The first kappa shape index (κ1) is 15.2. The fourth-order valence-electron chi connectivity index (χ4n) is 2.55. The minimum absolute atomic E-state index is 0.0756. The highest BCUT2D eigenvalue weighted by atomic mass is 19.2. The predicted octanol–water partition coefficient (Wildman–Crippen LogP) is 2.83. The van der Waals surface area contributed by atoms with Crippen molar-refractivity contribution in [1.29, 1.82) is 0 Å². The van der Waals surface area contributed by atoms with Gasteiger partial charge in [-0.15, -0.1) is 0 Å². The van der Waals surface area contributed by atoms with E-state index in [1.807, 2.05) is 0 Å². The van der Waals surface area contributed by atoms with Gasteiger partial charge in [0.25, 0.3) is 5.91 Å². The van der Waals surface area contributed by atoms with E-state index < -0.39 is 29.1 Å². The largest absolute Gasteiger partial charge is 0.463 e. The summed E-state index contributed by atoms with van der Waals surface area (Å²) in [5.74, 6) is -1.80. The Kier molecular flexibility index (Phi) is 3.43. The number of carbonyl (C=O) groups is 2. The zero-order valence-electron chi connectivity index (χ0n) is 12.5. The summed E-state index contributed by atoms with van der Waals surface area (Å²) in [6, 6.07) is 6.21. The molecule has 0 spiro atoms. The van der Waals surface area contributed by atoms with Crippen LogP contribution in [0.2, 0.25) is 0 Å².